The molecule has 0 aromatic heterocycles. The van der Waals surface area contributed by atoms with Crippen LogP contribution in [0.5, 0.6) is 5.75 Å². The molecule has 0 heterocycles. The first-order valence-corrected chi connectivity index (χ1v) is 7.57. The van der Waals surface area contributed by atoms with Crippen LogP contribution in [0.15, 0.2) is 47.6 Å². The fourth-order valence-electron chi connectivity index (χ4n) is 2.23. The third-order valence-electron chi connectivity index (χ3n) is 3.59. The van der Waals surface area contributed by atoms with Gasteiger partial charge in [0.05, 0.1) is 11.9 Å². The van der Waals surface area contributed by atoms with E-state index in [1.165, 1.54) is 5.56 Å². The second-order valence-electron chi connectivity index (χ2n) is 5.15. The highest BCUT2D eigenvalue weighted by Gasteiger charge is 2.05. The number of aromatic hydroxyl groups is 1. The number of aryl methyl sites for hydroxylation is 1. The predicted octanol–water partition coefficient (Wildman–Crippen LogP) is 3.99. The van der Waals surface area contributed by atoms with Gasteiger partial charge in [0.25, 0.3) is 0 Å². The summed E-state index contributed by atoms with van der Waals surface area (Å²) in [6.45, 7) is 8.07. The average Bonchev–Trinajstić information content (AvgIpc) is 2.52. The maximum absolute atomic E-state index is 10.1. The molecule has 0 spiro atoms. The minimum atomic E-state index is 0.235. The summed E-state index contributed by atoms with van der Waals surface area (Å²) in [5.74, 6) is 0.235. The Balaban J connectivity index is 2.06. The lowest BCUT2D eigenvalue weighted by molar-refractivity contribution is 0.474. The third kappa shape index (κ3) is 4.01. The molecular weight excluding hydrogens is 274 g/mol. The summed E-state index contributed by atoms with van der Waals surface area (Å²) < 4.78 is 0. The van der Waals surface area contributed by atoms with Crippen molar-refractivity contribution < 1.29 is 5.11 Å². The molecular formula is C18H23N3O. The van der Waals surface area contributed by atoms with Crippen LogP contribution in [0.2, 0.25) is 0 Å². The summed E-state index contributed by atoms with van der Waals surface area (Å²) in [5, 5.41) is 14.3. The summed E-state index contributed by atoms with van der Waals surface area (Å²) >= 11 is 0. The molecule has 22 heavy (non-hydrogen) atoms. The lowest BCUT2D eigenvalue weighted by Crippen LogP contribution is -2.21. The molecule has 0 unspecified atom stereocenters. The molecule has 0 saturated heterocycles. The molecule has 0 aliphatic heterocycles. The summed E-state index contributed by atoms with van der Waals surface area (Å²) in [7, 11) is 0. The molecule has 0 aliphatic carbocycles. The molecule has 2 aromatic rings. The maximum atomic E-state index is 10.1. The quantitative estimate of drug-likeness (QED) is 0.626. The van der Waals surface area contributed by atoms with Crippen molar-refractivity contribution in [1.29, 1.82) is 0 Å². The lowest BCUT2D eigenvalue weighted by Gasteiger charge is -2.21. The monoisotopic (exact) mass is 297 g/mol. The van der Waals surface area contributed by atoms with Crippen molar-refractivity contribution in [2.45, 2.75) is 20.8 Å². The molecule has 0 fully saturated rings. The number of anilines is 2. The van der Waals surface area contributed by atoms with Crippen molar-refractivity contribution in [2.75, 3.05) is 23.4 Å². The van der Waals surface area contributed by atoms with E-state index in [1.54, 1.807) is 12.3 Å². The van der Waals surface area contributed by atoms with Gasteiger partial charge in [-0.3, -0.25) is 5.43 Å². The van der Waals surface area contributed by atoms with Crippen LogP contribution >= 0.6 is 0 Å². The van der Waals surface area contributed by atoms with Gasteiger partial charge in [-0.25, -0.2) is 0 Å². The summed E-state index contributed by atoms with van der Waals surface area (Å²) in [4.78, 5) is 2.19. The van der Waals surface area contributed by atoms with Gasteiger partial charge in [-0.05, 0) is 45.0 Å². The van der Waals surface area contributed by atoms with Gasteiger partial charge in [0, 0.05) is 30.4 Å². The number of nitrogens with zero attached hydrogens (tertiary/aromatic N) is 2. The molecule has 0 radical (unpaired) electrons. The number of phenolic OH excluding ortho intramolecular Hbond substituents is 1. The zero-order chi connectivity index (χ0) is 15.9. The van der Waals surface area contributed by atoms with Gasteiger partial charge in [-0.2, -0.15) is 5.10 Å². The summed E-state index contributed by atoms with van der Waals surface area (Å²) in [5.41, 5.74) is 6.79. The third-order valence-corrected chi connectivity index (χ3v) is 3.59. The molecule has 0 atom stereocenters. The van der Waals surface area contributed by atoms with Gasteiger partial charge in [-0.15, -0.1) is 0 Å². The van der Waals surface area contributed by atoms with Crippen LogP contribution in [-0.2, 0) is 0 Å². The number of benzene rings is 2. The first-order chi connectivity index (χ1) is 10.6. The Morgan fingerprint density at radius 1 is 1.09 bits per heavy atom. The Bertz CT molecular complexity index is 631. The largest absolute Gasteiger partial charge is 0.507 e. The number of phenols is 1. The van der Waals surface area contributed by atoms with Crippen molar-refractivity contribution in [3.05, 3.63) is 53.6 Å². The average molecular weight is 297 g/mol. The number of hydrazone groups is 1. The van der Waals surface area contributed by atoms with Gasteiger partial charge in [0.15, 0.2) is 0 Å². The molecule has 0 saturated carbocycles. The Kier molecular flexibility index (Phi) is 5.42. The van der Waals surface area contributed by atoms with Crippen molar-refractivity contribution in [3.63, 3.8) is 0 Å². The molecule has 2 rings (SSSR count). The SMILES string of the molecule is CCN(CC)c1ccc(/C=N/Nc2ccc(C)cc2)c(O)c1. The molecule has 4 heteroatoms. The Labute approximate surface area is 132 Å². The first kappa shape index (κ1) is 15.9. The van der Waals surface area contributed by atoms with Gasteiger partial charge in [0.2, 0.25) is 0 Å². The topological polar surface area (TPSA) is 47.9 Å². The van der Waals surface area contributed by atoms with Crippen LogP contribution in [0.25, 0.3) is 0 Å². The van der Waals surface area contributed by atoms with E-state index in [4.69, 9.17) is 0 Å². The second kappa shape index (κ2) is 7.50. The highest BCUT2D eigenvalue weighted by molar-refractivity contribution is 5.85. The number of hydrogen-bond donors (Lipinski definition) is 2. The maximum Gasteiger partial charge on any atom is 0.126 e. The van der Waals surface area contributed by atoms with E-state index in [1.807, 2.05) is 43.3 Å². The van der Waals surface area contributed by atoms with E-state index in [-0.39, 0.29) is 5.75 Å². The van der Waals surface area contributed by atoms with Crippen LogP contribution < -0.4 is 10.3 Å². The van der Waals surface area contributed by atoms with E-state index in [9.17, 15) is 5.11 Å². The van der Waals surface area contributed by atoms with Gasteiger partial charge < -0.3 is 10.0 Å². The molecule has 0 aliphatic rings. The normalized spacial score (nSPS) is 10.9. The minimum Gasteiger partial charge on any atom is -0.507 e. The molecule has 116 valence electrons. The van der Waals surface area contributed by atoms with Gasteiger partial charge >= 0.3 is 0 Å². The summed E-state index contributed by atoms with van der Waals surface area (Å²) in [6.07, 6.45) is 1.63. The predicted molar refractivity (Wildman–Crippen MR) is 94.1 cm³/mol. The molecule has 4 nitrogen and oxygen atoms in total. The van der Waals surface area contributed by atoms with Crippen LogP contribution in [0, 0.1) is 6.92 Å². The highest BCUT2D eigenvalue weighted by Crippen LogP contribution is 2.23. The van der Waals surface area contributed by atoms with Crippen molar-refractivity contribution in [3.8, 4) is 5.75 Å². The first-order valence-electron chi connectivity index (χ1n) is 7.57. The van der Waals surface area contributed by atoms with E-state index in [0.29, 0.717) is 5.56 Å². The van der Waals surface area contributed by atoms with E-state index in [2.05, 4.69) is 29.3 Å². The second-order valence-corrected chi connectivity index (χ2v) is 5.15. The zero-order valence-electron chi connectivity index (χ0n) is 13.4. The van der Waals surface area contributed by atoms with E-state index in [0.717, 1.165) is 24.5 Å². The van der Waals surface area contributed by atoms with Crippen molar-refractivity contribution in [1.82, 2.24) is 0 Å². The van der Waals surface area contributed by atoms with E-state index < -0.39 is 0 Å². The minimum absolute atomic E-state index is 0.235. The number of rotatable bonds is 6. The Morgan fingerprint density at radius 2 is 1.77 bits per heavy atom. The fourth-order valence-corrected chi connectivity index (χ4v) is 2.23. The van der Waals surface area contributed by atoms with Gasteiger partial charge in [-0.1, -0.05) is 17.7 Å². The van der Waals surface area contributed by atoms with Crippen LogP contribution in [-0.4, -0.2) is 24.4 Å². The van der Waals surface area contributed by atoms with E-state index >= 15 is 0 Å². The molecule has 0 bridgehead atoms. The zero-order valence-corrected chi connectivity index (χ0v) is 13.4. The number of nitrogens with one attached hydrogen (secondary N) is 1. The fraction of sp³-hybridized carbons (Fsp3) is 0.278. The Morgan fingerprint density at radius 3 is 2.36 bits per heavy atom. The standard InChI is InChI=1S/C18H23N3O/c1-4-21(5-2)17-11-8-15(18(22)12-17)13-19-20-16-9-6-14(3)7-10-16/h6-13,20,22H,4-5H2,1-3H3/b19-13+. The molecule has 0 amide bonds. The van der Waals surface area contributed by atoms with Crippen LogP contribution in [0.3, 0.4) is 0 Å². The summed E-state index contributed by atoms with van der Waals surface area (Å²) in [6, 6.07) is 13.6. The number of hydrogen-bond acceptors (Lipinski definition) is 4. The lowest BCUT2D eigenvalue weighted by atomic mass is 10.2. The smallest absolute Gasteiger partial charge is 0.126 e. The van der Waals surface area contributed by atoms with Crippen LogP contribution in [0.1, 0.15) is 25.0 Å². The molecule has 2 N–H and O–H groups in total. The van der Waals surface area contributed by atoms with Crippen molar-refractivity contribution >= 4 is 17.6 Å². The Hall–Kier alpha value is -2.49. The van der Waals surface area contributed by atoms with Crippen LogP contribution in [0.4, 0.5) is 11.4 Å². The van der Waals surface area contributed by atoms with Crippen molar-refractivity contribution in [2.24, 2.45) is 5.10 Å². The van der Waals surface area contributed by atoms with Gasteiger partial charge in [0.1, 0.15) is 5.75 Å². The molecule has 2 aromatic carbocycles. The highest BCUT2D eigenvalue weighted by atomic mass is 16.3.